The molecule has 2 heteroatoms. The van der Waals surface area contributed by atoms with Gasteiger partial charge in [-0.1, -0.05) is 57.9 Å². The Hall–Kier alpha value is -1.12. The van der Waals surface area contributed by atoms with Crippen LogP contribution in [0.1, 0.15) is 35.2 Å². The molecule has 100 valence electrons. The molecule has 0 amide bonds. The van der Waals surface area contributed by atoms with E-state index in [0.29, 0.717) is 6.04 Å². The van der Waals surface area contributed by atoms with Gasteiger partial charge in [0.15, 0.2) is 0 Å². The fourth-order valence-corrected chi connectivity index (χ4v) is 2.75. The van der Waals surface area contributed by atoms with Crippen molar-refractivity contribution in [2.45, 2.75) is 33.4 Å². The van der Waals surface area contributed by atoms with E-state index in [0.717, 1.165) is 6.54 Å². The third kappa shape index (κ3) is 3.92. The summed E-state index contributed by atoms with van der Waals surface area (Å²) in [4.78, 5) is 0. The van der Waals surface area contributed by atoms with E-state index in [-0.39, 0.29) is 0 Å². The lowest BCUT2D eigenvalue weighted by Gasteiger charge is -2.16. The van der Waals surface area contributed by atoms with Crippen LogP contribution in [0.15, 0.2) is 46.9 Å². The molecular weight excluding hydrogens is 298 g/mol. The molecule has 0 saturated heterocycles. The van der Waals surface area contributed by atoms with Crippen molar-refractivity contribution in [1.29, 1.82) is 0 Å². The van der Waals surface area contributed by atoms with Crippen LogP contribution >= 0.6 is 15.9 Å². The molecule has 0 fully saturated rings. The van der Waals surface area contributed by atoms with Crippen molar-refractivity contribution in [2.24, 2.45) is 0 Å². The molecular formula is C17H20BrN. The Morgan fingerprint density at radius 2 is 1.79 bits per heavy atom. The first-order chi connectivity index (χ1) is 9.06. The number of hydrogen-bond donors (Lipinski definition) is 1. The van der Waals surface area contributed by atoms with E-state index in [9.17, 15) is 0 Å². The number of benzene rings is 2. The maximum absolute atomic E-state index is 3.63. The van der Waals surface area contributed by atoms with Gasteiger partial charge in [0.05, 0.1) is 0 Å². The zero-order valence-corrected chi connectivity index (χ0v) is 13.3. The van der Waals surface area contributed by atoms with E-state index in [1.807, 2.05) is 0 Å². The first kappa shape index (κ1) is 14.3. The molecule has 19 heavy (non-hydrogen) atoms. The van der Waals surface area contributed by atoms with Gasteiger partial charge in [-0.15, -0.1) is 0 Å². The van der Waals surface area contributed by atoms with Crippen LogP contribution in [0.2, 0.25) is 0 Å². The molecule has 1 N–H and O–H groups in total. The second-order valence-corrected chi connectivity index (χ2v) is 5.97. The molecule has 0 aliphatic carbocycles. The minimum absolute atomic E-state index is 0.355. The number of rotatable bonds is 4. The van der Waals surface area contributed by atoms with Crippen LogP contribution in [0.4, 0.5) is 0 Å². The molecule has 2 rings (SSSR count). The Morgan fingerprint density at radius 1 is 1.05 bits per heavy atom. The lowest BCUT2D eigenvalue weighted by atomic mass is 10.1. The van der Waals surface area contributed by atoms with Gasteiger partial charge in [-0.05, 0) is 43.5 Å². The lowest BCUT2D eigenvalue weighted by molar-refractivity contribution is 0.573. The monoisotopic (exact) mass is 317 g/mol. The molecule has 2 aromatic carbocycles. The van der Waals surface area contributed by atoms with Crippen LogP contribution < -0.4 is 5.32 Å². The quantitative estimate of drug-likeness (QED) is 0.844. The molecule has 0 aromatic heterocycles. The van der Waals surface area contributed by atoms with E-state index in [4.69, 9.17) is 0 Å². The van der Waals surface area contributed by atoms with Crippen molar-refractivity contribution >= 4 is 15.9 Å². The number of halogens is 1. The summed E-state index contributed by atoms with van der Waals surface area (Å²) in [6.45, 7) is 7.32. The molecule has 0 aliphatic heterocycles. The molecule has 2 aromatic rings. The predicted molar refractivity (Wildman–Crippen MR) is 85.3 cm³/mol. The van der Waals surface area contributed by atoms with Gasteiger partial charge in [-0.25, -0.2) is 0 Å². The highest BCUT2D eigenvalue weighted by molar-refractivity contribution is 9.10. The average Bonchev–Trinajstić information content (AvgIpc) is 2.37. The van der Waals surface area contributed by atoms with Gasteiger partial charge in [0.25, 0.3) is 0 Å². The SMILES string of the molecule is Cc1cccc([C@@H](C)NCc2ccc(C)cc2Br)c1. The fraction of sp³-hybridized carbons (Fsp3) is 0.294. The van der Waals surface area contributed by atoms with E-state index in [2.05, 4.69) is 84.5 Å². The van der Waals surface area contributed by atoms with Crippen LogP contribution in [0.5, 0.6) is 0 Å². The highest BCUT2D eigenvalue weighted by Crippen LogP contribution is 2.20. The van der Waals surface area contributed by atoms with E-state index in [1.165, 1.54) is 26.7 Å². The summed E-state index contributed by atoms with van der Waals surface area (Å²) in [6.07, 6.45) is 0. The van der Waals surface area contributed by atoms with Gasteiger partial charge in [0.1, 0.15) is 0 Å². The fourth-order valence-electron chi connectivity index (χ4n) is 2.12. The Morgan fingerprint density at radius 3 is 2.47 bits per heavy atom. The second kappa shape index (κ2) is 6.36. The lowest BCUT2D eigenvalue weighted by Crippen LogP contribution is -2.18. The van der Waals surface area contributed by atoms with Crippen molar-refractivity contribution in [1.82, 2.24) is 5.32 Å². The number of aryl methyl sites for hydroxylation is 2. The van der Waals surface area contributed by atoms with E-state index in [1.54, 1.807) is 0 Å². The van der Waals surface area contributed by atoms with Crippen LogP contribution in [-0.2, 0) is 6.54 Å². The predicted octanol–water partition coefficient (Wildman–Crippen LogP) is 4.92. The maximum atomic E-state index is 3.63. The molecule has 0 bridgehead atoms. The van der Waals surface area contributed by atoms with Crippen LogP contribution in [0.3, 0.4) is 0 Å². The highest BCUT2D eigenvalue weighted by Gasteiger charge is 2.06. The summed E-state index contributed by atoms with van der Waals surface area (Å²) in [7, 11) is 0. The molecule has 0 radical (unpaired) electrons. The molecule has 0 aliphatic rings. The highest BCUT2D eigenvalue weighted by atomic mass is 79.9. The Labute approximate surface area is 124 Å². The molecule has 0 unspecified atom stereocenters. The maximum Gasteiger partial charge on any atom is 0.0295 e. The first-order valence-corrected chi connectivity index (χ1v) is 7.40. The summed E-state index contributed by atoms with van der Waals surface area (Å²) in [6, 6.07) is 15.5. The third-order valence-electron chi connectivity index (χ3n) is 3.35. The van der Waals surface area contributed by atoms with Gasteiger partial charge in [0.2, 0.25) is 0 Å². The topological polar surface area (TPSA) is 12.0 Å². The minimum atomic E-state index is 0.355. The average molecular weight is 318 g/mol. The number of nitrogens with one attached hydrogen (secondary N) is 1. The Kier molecular flexibility index (Phi) is 4.78. The summed E-state index contributed by atoms with van der Waals surface area (Å²) in [5.74, 6) is 0. The zero-order chi connectivity index (χ0) is 13.8. The second-order valence-electron chi connectivity index (χ2n) is 5.11. The van der Waals surface area contributed by atoms with Gasteiger partial charge in [0, 0.05) is 17.1 Å². The smallest absolute Gasteiger partial charge is 0.0295 e. The molecule has 0 heterocycles. The summed E-state index contributed by atoms with van der Waals surface area (Å²) < 4.78 is 1.18. The largest absolute Gasteiger partial charge is 0.306 e. The molecule has 0 saturated carbocycles. The van der Waals surface area contributed by atoms with Gasteiger partial charge >= 0.3 is 0 Å². The zero-order valence-electron chi connectivity index (χ0n) is 11.7. The number of hydrogen-bond acceptors (Lipinski definition) is 1. The molecule has 1 atom stereocenters. The van der Waals surface area contributed by atoms with Crippen molar-refractivity contribution in [3.63, 3.8) is 0 Å². The van der Waals surface area contributed by atoms with Gasteiger partial charge in [-0.2, -0.15) is 0 Å². The van der Waals surface area contributed by atoms with E-state index < -0.39 is 0 Å². The van der Waals surface area contributed by atoms with Crippen LogP contribution in [-0.4, -0.2) is 0 Å². The van der Waals surface area contributed by atoms with Gasteiger partial charge < -0.3 is 5.32 Å². The molecule has 1 nitrogen and oxygen atoms in total. The minimum Gasteiger partial charge on any atom is -0.306 e. The van der Waals surface area contributed by atoms with Crippen molar-refractivity contribution in [3.8, 4) is 0 Å². The Bertz CT molecular complexity index is 563. The molecule has 0 spiro atoms. The third-order valence-corrected chi connectivity index (χ3v) is 4.09. The van der Waals surface area contributed by atoms with E-state index >= 15 is 0 Å². The summed E-state index contributed by atoms with van der Waals surface area (Å²) in [5.41, 5.74) is 5.22. The first-order valence-electron chi connectivity index (χ1n) is 6.61. The van der Waals surface area contributed by atoms with Crippen molar-refractivity contribution in [2.75, 3.05) is 0 Å². The normalized spacial score (nSPS) is 12.4. The van der Waals surface area contributed by atoms with Crippen molar-refractivity contribution in [3.05, 3.63) is 69.2 Å². The summed E-state index contributed by atoms with van der Waals surface area (Å²) in [5, 5.41) is 3.57. The van der Waals surface area contributed by atoms with Crippen LogP contribution in [0.25, 0.3) is 0 Å². The van der Waals surface area contributed by atoms with Gasteiger partial charge in [-0.3, -0.25) is 0 Å². The summed E-state index contributed by atoms with van der Waals surface area (Å²) >= 11 is 3.63. The van der Waals surface area contributed by atoms with Crippen molar-refractivity contribution < 1.29 is 0 Å². The Balaban J connectivity index is 2.02. The standard InChI is InChI=1S/C17H20BrN/c1-12-5-4-6-15(9-12)14(3)19-11-16-8-7-13(2)10-17(16)18/h4-10,14,19H,11H2,1-3H3/t14-/m1/s1. The van der Waals surface area contributed by atoms with Crippen LogP contribution in [0, 0.1) is 13.8 Å².